The summed E-state index contributed by atoms with van der Waals surface area (Å²) in [7, 11) is 0. The fraction of sp³-hybridized carbons (Fsp3) is 0.391. The molecule has 0 N–H and O–H groups in total. The molecule has 1 saturated heterocycles. The molecule has 29 heavy (non-hydrogen) atoms. The third kappa shape index (κ3) is 4.00. The average molecular weight is 410 g/mol. The largest absolute Gasteiger partial charge is 0.466 e. The van der Waals surface area contributed by atoms with E-state index >= 15 is 0 Å². The molecule has 0 spiro atoms. The van der Waals surface area contributed by atoms with Gasteiger partial charge < -0.3 is 9.30 Å². The van der Waals surface area contributed by atoms with Crippen LogP contribution in [0.1, 0.15) is 25.3 Å². The van der Waals surface area contributed by atoms with E-state index in [0.717, 1.165) is 40.9 Å². The number of imidazole rings is 1. The molecule has 5 nitrogen and oxygen atoms in total. The summed E-state index contributed by atoms with van der Waals surface area (Å²) < 4.78 is 10.3. The van der Waals surface area contributed by atoms with E-state index in [1.54, 1.807) is 0 Å². The van der Waals surface area contributed by atoms with Crippen LogP contribution < -0.4 is 0 Å². The van der Waals surface area contributed by atoms with Gasteiger partial charge in [0.05, 0.1) is 30.2 Å². The fourth-order valence-corrected chi connectivity index (χ4v) is 4.48. The molecule has 4 rings (SSSR count). The van der Waals surface area contributed by atoms with E-state index in [9.17, 15) is 4.79 Å². The van der Waals surface area contributed by atoms with E-state index in [-0.39, 0.29) is 11.9 Å². The van der Waals surface area contributed by atoms with Gasteiger partial charge in [-0.2, -0.15) is 0 Å². The molecule has 0 radical (unpaired) electrons. The predicted molar refractivity (Wildman–Crippen MR) is 118 cm³/mol. The Hall–Kier alpha value is -2.44. The molecule has 1 aromatic heterocycles. The Kier molecular flexibility index (Phi) is 5.83. The molecule has 0 bridgehead atoms. The number of fused-ring (bicyclic) bond motifs is 1. The van der Waals surface area contributed by atoms with E-state index < -0.39 is 0 Å². The number of aromatic nitrogens is 2. The van der Waals surface area contributed by atoms with Crippen LogP contribution in [0, 0.1) is 17.6 Å². The Morgan fingerprint density at radius 2 is 1.86 bits per heavy atom. The second-order valence-corrected chi connectivity index (χ2v) is 8.05. The van der Waals surface area contributed by atoms with Crippen molar-refractivity contribution in [2.75, 3.05) is 19.7 Å². The summed E-state index contributed by atoms with van der Waals surface area (Å²) in [4.78, 5) is 14.5. The van der Waals surface area contributed by atoms with E-state index in [1.807, 2.05) is 19.1 Å². The first kappa shape index (κ1) is 19.9. The first-order valence-electron chi connectivity index (χ1n) is 10.2. The minimum atomic E-state index is -0.0807. The summed E-state index contributed by atoms with van der Waals surface area (Å²) >= 11 is 5.91. The van der Waals surface area contributed by atoms with Crippen LogP contribution in [-0.4, -0.2) is 39.7 Å². The summed E-state index contributed by atoms with van der Waals surface area (Å²) in [6.07, 6.45) is 1.89. The number of likely N-dealkylation sites (tertiary alicyclic amines) is 1. The zero-order valence-electron chi connectivity index (χ0n) is 17.0. The van der Waals surface area contributed by atoms with Crippen molar-refractivity contribution in [3.8, 4) is 5.69 Å². The molecule has 0 aliphatic carbocycles. The van der Waals surface area contributed by atoms with Gasteiger partial charge in [0.2, 0.25) is 0 Å². The molecular weight excluding hydrogens is 382 g/mol. The van der Waals surface area contributed by atoms with Gasteiger partial charge in [0.1, 0.15) is 0 Å². The van der Waals surface area contributed by atoms with E-state index in [1.165, 1.54) is 5.56 Å². The Bertz CT molecular complexity index is 1070. The molecule has 2 aromatic carbocycles. The number of hydrogen-bond donors (Lipinski definition) is 0. The first-order chi connectivity index (χ1) is 14.1. The monoisotopic (exact) mass is 409 g/mol. The number of benzene rings is 2. The number of piperidine rings is 1. The Balaban J connectivity index is 1.68. The van der Waals surface area contributed by atoms with Crippen molar-refractivity contribution in [1.29, 1.82) is 0 Å². The van der Waals surface area contributed by atoms with Crippen molar-refractivity contribution in [1.82, 2.24) is 14.0 Å². The van der Waals surface area contributed by atoms with Gasteiger partial charge in [-0.15, -0.1) is 0 Å². The maximum absolute atomic E-state index is 12.2. The van der Waals surface area contributed by atoms with Crippen molar-refractivity contribution in [2.45, 2.75) is 33.4 Å². The van der Waals surface area contributed by atoms with Crippen molar-refractivity contribution >= 4 is 29.2 Å². The number of carbonyl (C=O) groups is 1. The van der Waals surface area contributed by atoms with Gasteiger partial charge in [0.15, 0.2) is 4.77 Å². The van der Waals surface area contributed by atoms with Crippen LogP contribution in [0.15, 0.2) is 48.5 Å². The fourth-order valence-electron chi connectivity index (χ4n) is 4.12. The number of nitrogens with zero attached hydrogens (tertiary/aromatic N) is 3. The lowest BCUT2D eigenvalue weighted by Crippen LogP contribution is -2.40. The van der Waals surface area contributed by atoms with E-state index in [4.69, 9.17) is 17.0 Å². The van der Waals surface area contributed by atoms with E-state index in [2.05, 4.69) is 57.4 Å². The van der Waals surface area contributed by atoms with Gasteiger partial charge >= 0.3 is 5.97 Å². The van der Waals surface area contributed by atoms with Gasteiger partial charge in [-0.1, -0.05) is 29.8 Å². The average Bonchev–Trinajstić information content (AvgIpc) is 3.01. The lowest BCUT2D eigenvalue weighted by molar-refractivity contribution is -0.150. The normalized spacial score (nSPS) is 17.5. The Morgan fingerprint density at radius 3 is 2.59 bits per heavy atom. The molecule has 1 fully saturated rings. The van der Waals surface area contributed by atoms with Crippen molar-refractivity contribution < 1.29 is 9.53 Å². The van der Waals surface area contributed by atoms with Gasteiger partial charge in [0, 0.05) is 12.2 Å². The van der Waals surface area contributed by atoms with Crippen LogP contribution in [0.4, 0.5) is 0 Å². The third-order valence-corrected chi connectivity index (χ3v) is 6.00. The van der Waals surface area contributed by atoms with Crippen LogP contribution in [0.3, 0.4) is 0 Å². The quantitative estimate of drug-likeness (QED) is 0.452. The number of hydrogen-bond acceptors (Lipinski definition) is 4. The standard InChI is InChI=1S/C23H27N3O2S/c1-3-28-22(27)18-7-6-14-24(15-18)16-25-20-8-4-5-9-21(20)26(23(25)29)19-12-10-17(2)11-13-19/h4-5,8-13,18H,3,6-7,14-16H2,1-2H3/t18-/m1/s1. The van der Waals surface area contributed by atoms with Crippen molar-refractivity contribution in [3.05, 3.63) is 58.9 Å². The highest BCUT2D eigenvalue weighted by molar-refractivity contribution is 7.71. The molecule has 0 amide bonds. The van der Waals surface area contributed by atoms with Gasteiger partial charge in [0.25, 0.3) is 0 Å². The van der Waals surface area contributed by atoms with Crippen LogP contribution in [0.2, 0.25) is 0 Å². The van der Waals surface area contributed by atoms with E-state index in [0.29, 0.717) is 19.8 Å². The lowest BCUT2D eigenvalue weighted by Gasteiger charge is -2.31. The number of carbonyl (C=O) groups excluding carboxylic acids is 1. The lowest BCUT2D eigenvalue weighted by atomic mass is 9.98. The summed E-state index contributed by atoms with van der Waals surface area (Å²) in [5.74, 6) is -0.133. The highest BCUT2D eigenvalue weighted by Crippen LogP contribution is 2.25. The molecule has 2 heterocycles. The second-order valence-electron chi connectivity index (χ2n) is 7.68. The minimum Gasteiger partial charge on any atom is -0.466 e. The molecule has 1 atom stereocenters. The summed E-state index contributed by atoms with van der Waals surface area (Å²) in [5.41, 5.74) is 4.50. The predicted octanol–water partition coefficient (Wildman–Crippen LogP) is 4.70. The van der Waals surface area contributed by atoms with Crippen molar-refractivity contribution in [2.24, 2.45) is 5.92 Å². The number of para-hydroxylation sites is 2. The first-order valence-corrected chi connectivity index (χ1v) is 10.7. The molecule has 152 valence electrons. The highest BCUT2D eigenvalue weighted by atomic mass is 32.1. The van der Waals surface area contributed by atoms with Crippen molar-refractivity contribution in [3.63, 3.8) is 0 Å². The molecule has 6 heteroatoms. The Labute approximate surface area is 176 Å². The molecule has 3 aromatic rings. The zero-order chi connectivity index (χ0) is 20.4. The summed E-state index contributed by atoms with van der Waals surface area (Å²) in [6, 6.07) is 16.8. The molecular formula is C23H27N3O2S. The third-order valence-electron chi connectivity index (χ3n) is 5.59. The molecule has 0 unspecified atom stereocenters. The summed E-state index contributed by atoms with van der Waals surface area (Å²) in [5, 5.41) is 0. The maximum atomic E-state index is 12.2. The number of aryl methyl sites for hydroxylation is 1. The van der Waals surface area contributed by atoms with Crippen LogP contribution in [0.25, 0.3) is 16.7 Å². The highest BCUT2D eigenvalue weighted by Gasteiger charge is 2.27. The van der Waals surface area contributed by atoms with Crippen LogP contribution >= 0.6 is 12.2 Å². The smallest absolute Gasteiger partial charge is 0.310 e. The SMILES string of the molecule is CCOC(=O)[C@@H]1CCCN(Cn2c(=S)n(-c3ccc(C)cc3)c3ccccc32)C1. The Morgan fingerprint density at radius 1 is 1.14 bits per heavy atom. The summed E-state index contributed by atoms with van der Waals surface area (Å²) in [6.45, 7) is 6.73. The van der Waals surface area contributed by atoms with Gasteiger partial charge in [-0.05, 0) is 69.7 Å². The zero-order valence-corrected chi connectivity index (χ0v) is 17.8. The number of rotatable bonds is 5. The minimum absolute atomic E-state index is 0.0525. The molecule has 0 saturated carbocycles. The van der Waals surface area contributed by atoms with Crippen LogP contribution in [-0.2, 0) is 16.2 Å². The van der Waals surface area contributed by atoms with Gasteiger partial charge in [-0.25, -0.2) is 0 Å². The maximum Gasteiger partial charge on any atom is 0.310 e. The topological polar surface area (TPSA) is 39.4 Å². The van der Waals surface area contributed by atoms with Gasteiger partial charge in [-0.3, -0.25) is 14.3 Å². The second kappa shape index (κ2) is 8.51. The molecule has 1 aliphatic rings. The number of ether oxygens (including phenoxy) is 1. The number of esters is 1. The molecule has 1 aliphatic heterocycles. The van der Waals surface area contributed by atoms with Crippen LogP contribution in [0.5, 0.6) is 0 Å².